The van der Waals surface area contributed by atoms with E-state index in [0.717, 1.165) is 24.0 Å². The molecule has 0 aliphatic carbocycles. The Morgan fingerprint density at radius 3 is 2.85 bits per heavy atom. The highest BCUT2D eigenvalue weighted by molar-refractivity contribution is 9.10. The highest BCUT2D eigenvalue weighted by Gasteiger charge is 2.14. The summed E-state index contributed by atoms with van der Waals surface area (Å²) in [6.07, 6.45) is 4.63. The van der Waals surface area contributed by atoms with Crippen LogP contribution in [0.5, 0.6) is 0 Å². The molecule has 1 aliphatic rings. The lowest BCUT2D eigenvalue weighted by atomic mass is 10.3. The minimum absolute atomic E-state index is 0.473. The van der Waals surface area contributed by atoms with Gasteiger partial charge in [-0.05, 0) is 28.9 Å². The zero-order chi connectivity index (χ0) is 9.10. The van der Waals surface area contributed by atoms with Gasteiger partial charge in [0.2, 0.25) is 5.95 Å². The predicted octanol–water partition coefficient (Wildman–Crippen LogP) is 1.01. The van der Waals surface area contributed by atoms with Crippen LogP contribution in [-0.4, -0.2) is 29.1 Å². The quantitative estimate of drug-likeness (QED) is 0.814. The first-order chi connectivity index (χ1) is 6.34. The predicted molar refractivity (Wildman–Crippen MR) is 54.6 cm³/mol. The van der Waals surface area contributed by atoms with Gasteiger partial charge in [0.15, 0.2) is 0 Å². The zero-order valence-corrected chi connectivity index (χ0v) is 8.71. The monoisotopic (exact) mass is 242 g/mol. The van der Waals surface area contributed by atoms with Crippen molar-refractivity contribution in [1.82, 2.24) is 15.3 Å². The maximum absolute atomic E-state index is 4.14. The maximum Gasteiger partial charge on any atom is 0.222 e. The Morgan fingerprint density at radius 1 is 1.46 bits per heavy atom. The van der Waals surface area contributed by atoms with Gasteiger partial charge in [-0.3, -0.25) is 0 Å². The number of aromatic nitrogens is 2. The second kappa shape index (κ2) is 4.02. The van der Waals surface area contributed by atoms with Gasteiger partial charge in [0.1, 0.15) is 0 Å². The minimum Gasteiger partial charge on any atom is -0.350 e. The molecule has 0 amide bonds. The van der Waals surface area contributed by atoms with E-state index in [-0.39, 0.29) is 0 Å². The first-order valence-corrected chi connectivity index (χ1v) is 5.09. The molecule has 1 aromatic rings. The van der Waals surface area contributed by atoms with Gasteiger partial charge in [-0.2, -0.15) is 0 Å². The average molecular weight is 243 g/mol. The average Bonchev–Trinajstić information content (AvgIpc) is 2.62. The molecule has 4 nitrogen and oxygen atoms in total. The molecule has 2 N–H and O–H groups in total. The lowest BCUT2D eigenvalue weighted by Gasteiger charge is -2.09. The third-order valence-electron chi connectivity index (χ3n) is 2.01. The molecule has 1 atom stereocenters. The van der Waals surface area contributed by atoms with Gasteiger partial charge in [-0.25, -0.2) is 9.97 Å². The molecule has 0 bridgehead atoms. The number of rotatable bonds is 2. The van der Waals surface area contributed by atoms with E-state index < -0.39 is 0 Å². The number of hydrogen-bond acceptors (Lipinski definition) is 4. The second-order valence-corrected chi connectivity index (χ2v) is 3.97. The van der Waals surface area contributed by atoms with Gasteiger partial charge in [0, 0.05) is 25.0 Å². The summed E-state index contributed by atoms with van der Waals surface area (Å²) in [5.41, 5.74) is 0. The van der Waals surface area contributed by atoms with Crippen molar-refractivity contribution in [3.05, 3.63) is 16.9 Å². The topological polar surface area (TPSA) is 49.8 Å². The van der Waals surface area contributed by atoms with Crippen molar-refractivity contribution in [3.63, 3.8) is 0 Å². The van der Waals surface area contributed by atoms with Crippen molar-refractivity contribution in [2.45, 2.75) is 12.5 Å². The molecular weight excluding hydrogens is 232 g/mol. The van der Waals surface area contributed by atoms with Crippen molar-refractivity contribution in [3.8, 4) is 0 Å². The summed E-state index contributed by atoms with van der Waals surface area (Å²) in [4.78, 5) is 8.29. The molecule has 0 unspecified atom stereocenters. The molecule has 1 aliphatic heterocycles. The van der Waals surface area contributed by atoms with Crippen LogP contribution in [0.3, 0.4) is 0 Å². The Balaban J connectivity index is 1.97. The van der Waals surface area contributed by atoms with Gasteiger partial charge >= 0.3 is 0 Å². The molecule has 0 radical (unpaired) electrons. The summed E-state index contributed by atoms with van der Waals surface area (Å²) in [5, 5.41) is 6.54. The van der Waals surface area contributed by atoms with E-state index in [1.165, 1.54) is 0 Å². The molecule has 0 spiro atoms. The highest BCUT2D eigenvalue weighted by atomic mass is 79.9. The lowest BCUT2D eigenvalue weighted by molar-refractivity contribution is 0.780. The van der Waals surface area contributed by atoms with E-state index in [4.69, 9.17) is 0 Å². The molecule has 70 valence electrons. The van der Waals surface area contributed by atoms with E-state index in [1.54, 1.807) is 12.4 Å². The van der Waals surface area contributed by atoms with Gasteiger partial charge in [0.05, 0.1) is 4.47 Å². The first-order valence-electron chi connectivity index (χ1n) is 4.29. The van der Waals surface area contributed by atoms with E-state index in [9.17, 15) is 0 Å². The first kappa shape index (κ1) is 8.90. The van der Waals surface area contributed by atoms with E-state index >= 15 is 0 Å². The van der Waals surface area contributed by atoms with Crippen LogP contribution in [0.4, 0.5) is 5.95 Å². The zero-order valence-electron chi connectivity index (χ0n) is 7.13. The third kappa shape index (κ3) is 2.38. The lowest BCUT2D eigenvalue weighted by Crippen LogP contribution is -2.23. The Kier molecular flexibility index (Phi) is 2.75. The van der Waals surface area contributed by atoms with E-state index in [0.29, 0.717) is 12.0 Å². The highest BCUT2D eigenvalue weighted by Crippen LogP contribution is 2.09. The third-order valence-corrected chi connectivity index (χ3v) is 2.42. The van der Waals surface area contributed by atoms with Crippen LogP contribution in [0.25, 0.3) is 0 Å². The molecule has 2 heterocycles. The van der Waals surface area contributed by atoms with Crippen molar-refractivity contribution in [1.29, 1.82) is 0 Å². The molecule has 0 aromatic carbocycles. The van der Waals surface area contributed by atoms with Gasteiger partial charge in [-0.1, -0.05) is 0 Å². The number of nitrogens with zero attached hydrogens (tertiary/aromatic N) is 2. The largest absolute Gasteiger partial charge is 0.350 e. The molecule has 13 heavy (non-hydrogen) atoms. The molecule has 5 heteroatoms. The van der Waals surface area contributed by atoms with Crippen LogP contribution < -0.4 is 10.6 Å². The Morgan fingerprint density at radius 2 is 2.23 bits per heavy atom. The SMILES string of the molecule is Brc1cnc(N[C@H]2CCNC2)nc1. The van der Waals surface area contributed by atoms with Crippen LogP contribution in [0.1, 0.15) is 6.42 Å². The van der Waals surface area contributed by atoms with E-state index in [1.807, 2.05) is 0 Å². The van der Waals surface area contributed by atoms with Crippen LogP contribution in [0.2, 0.25) is 0 Å². The molecule has 1 aromatic heterocycles. The Labute approximate surface area is 85.3 Å². The second-order valence-electron chi connectivity index (χ2n) is 3.06. The van der Waals surface area contributed by atoms with Crippen molar-refractivity contribution < 1.29 is 0 Å². The smallest absolute Gasteiger partial charge is 0.222 e. The van der Waals surface area contributed by atoms with Gasteiger partial charge < -0.3 is 10.6 Å². The summed E-state index contributed by atoms with van der Waals surface area (Å²) < 4.78 is 0.905. The fourth-order valence-corrected chi connectivity index (χ4v) is 1.55. The number of nitrogens with one attached hydrogen (secondary N) is 2. The number of hydrogen-bond donors (Lipinski definition) is 2. The summed E-state index contributed by atoms with van der Waals surface area (Å²) in [7, 11) is 0. The summed E-state index contributed by atoms with van der Waals surface area (Å²) >= 11 is 3.29. The maximum atomic E-state index is 4.14. The Bertz CT molecular complexity index is 268. The Hall–Kier alpha value is -0.680. The number of anilines is 1. The van der Waals surface area contributed by atoms with Crippen molar-refractivity contribution >= 4 is 21.9 Å². The van der Waals surface area contributed by atoms with Crippen LogP contribution in [0.15, 0.2) is 16.9 Å². The minimum atomic E-state index is 0.473. The van der Waals surface area contributed by atoms with Crippen molar-refractivity contribution in [2.75, 3.05) is 18.4 Å². The van der Waals surface area contributed by atoms with Crippen LogP contribution in [-0.2, 0) is 0 Å². The summed E-state index contributed by atoms with van der Waals surface area (Å²) in [6, 6.07) is 0.473. The summed E-state index contributed by atoms with van der Waals surface area (Å²) in [5.74, 6) is 0.705. The van der Waals surface area contributed by atoms with Crippen LogP contribution >= 0.6 is 15.9 Å². The fraction of sp³-hybridized carbons (Fsp3) is 0.500. The molecule has 2 rings (SSSR count). The summed E-state index contributed by atoms with van der Waals surface area (Å²) in [6.45, 7) is 2.08. The van der Waals surface area contributed by atoms with Gasteiger partial charge in [-0.15, -0.1) is 0 Å². The fourth-order valence-electron chi connectivity index (χ4n) is 1.35. The molecular formula is C8H11BrN4. The van der Waals surface area contributed by atoms with Crippen LogP contribution in [0, 0.1) is 0 Å². The number of halogens is 1. The molecule has 0 saturated carbocycles. The molecule has 1 saturated heterocycles. The normalized spacial score (nSPS) is 21.8. The van der Waals surface area contributed by atoms with E-state index in [2.05, 4.69) is 36.5 Å². The van der Waals surface area contributed by atoms with Crippen molar-refractivity contribution in [2.24, 2.45) is 0 Å². The standard InChI is InChI=1S/C8H11BrN4/c9-6-3-11-8(12-4-6)13-7-1-2-10-5-7/h3-4,7,10H,1-2,5H2,(H,11,12,13)/t7-/m0/s1. The molecule has 1 fully saturated rings. The van der Waals surface area contributed by atoms with Gasteiger partial charge in [0.25, 0.3) is 0 Å².